The summed E-state index contributed by atoms with van der Waals surface area (Å²) < 4.78 is 0. The molecule has 1 aliphatic rings. The molecular formula is C16H18N6O. The summed E-state index contributed by atoms with van der Waals surface area (Å²) in [6, 6.07) is 10.1. The summed E-state index contributed by atoms with van der Waals surface area (Å²) in [6.45, 7) is 0. The molecular weight excluding hydrogens is 292 g/mol. The van der Waals surface area contributed by atoms with Crippen LogP contribution in [0.5, 0.6) is 0 Å². The molecule has 1 saturated carbocycles. The predicted octanol–water partition coefficient (Wildman–Crippen LogP) is 2.13. The number of fused-ring (bicyclic) bond motifs is 1. The molecule has 0 unspecified atom stereocenters. The van der Waals surface area contributed by atoms with Crippen molar-refractivity contribution >= 4 is 17.0 Å². The molecule has 4 rings (SSSR count). The van der Waals surface area contributed by atoms with E-state index in [9.17, 15) is 5.11 Å². The Labute approximate surface area is 133 Å². The van der Waals surface area contributed by atoms with Gasteiger partial charge in [-0.1, -0.05) is 30.3 Å². The number of aromatic nitrogens is 5. The van der Waals surface area contributed by atoms with Gasteiger partial charge in [0.05, 0.1) is 6.10 Å². The van der Waals surface area contributed by atoms with Crippen LogP contribution < -0.4 is 5.32 Å². The standard InChI is InChI=1S/C16H18N6O/c23-12-8-6-11(7-9-12)17-15-13-16(21-22-20-13)19-14(18-15)10-4-2-1-3-5-10/h1-5,11-12,23H,6-9H2,(H2,17,18,19,20,21,22). The number of hydrogen-bond acceptors (Lipinski definition) is 6. The van der Waals surface area contributed by atoms with Crippen molar-refractivity contribution in [1.29, 1.82) is 0 Å². The van der Waals surface area contributed by atoms with Crippen molar-refractivity contribution in [3.05, 3.63) is 30.3 Å². The van der Waals surface area contributed by atoms with Gasteiger partial charge in [0.1, 0.15) is 0 Å². The number of benzene rings is 1. The molecule has 3 aromatic rings. The van der Waals surface area contributed by atoms with E-state index in [4.69, 9.17) is 0 Å². The van der Waals surface area contributed by atoms with Crippen LogP contribution in [-0.2, 0) is 0 Å². The summed E-state index contributed by atoms with van der Waals surface area (Å²) in [5, 5.41) is 24.0. The minimum absolute atomic E-state index is 0.176. The Morgan fingerprint density at radius 3 is 2.57 bits per heavy atom. The molecule has 7 nitrogen and oxygen atoms in total. The lowest BCUT2D eigenvalue weighted by Crippen LogP contribution is -2.28. The molecule has 118 valence electrons. The zero-order chi connectivity index (χ0) is 15.6. The summed E-state index contributed by atoms with van der Waals surface area (Å²) in [5.41, 5.74) is 2.15. The first-order valence-corrected chi connectivity index (χ1v) is 7.88. The second kappa shape index (κ2) is 5.92. The fourth-order valence-corrected chi connectivity index (χ4v) is 2.98. The molecule has 0 aliphatic heterocycles. The molecule has 0 radical (unpaired) electrons. The van der Waals surface area contributed by atoms with Crippen LogP contribution in [0.1, 0.15) is 25.7 Å². The molecule has 3 N–H and O–H groups in total. The van der Waals surface area contributed by atoms with E-state index in [1.807, 2.05) is 30.3 Å². The number of anilines is 1. The molecule has 0 saturated heterocycles. The molecule has 23 heavy (non-hydrogen) atoms. The fraction of sp³-hybridized carbons (Fsp3) is 0.375. The Morgan fingerprint density at radius 1 is 1.00 bits per heavy atom. The average Bonchev–Trinajstić information content (AvgIpc) is 3.06. The van der Waals surface area contributed by atoms with Gasteiger partial charge in [-0.3, -0.25) is 0 Å². The molecule has 1 aromatic carbocycles. The van der Waals surface area contributed by atoms with Crippen LogP contribution in [0, 0.1) is 0 Å². The van der Waals surface area contributed by atoms with Gasteiger partial charge in [0.25, 0.3) is 0 Å². The number of rotatable bonds is 3. The van der Waals surface area contributed by atoms with Gasteiger partial charge >= 0.3 is 0 Å². The summed E-state index contributed by atoms with van der Waals surface area (Å²) >= 11 is 0. The number of aromatic amines is 1. The Morgan fingerprint density at radius 2 is 1.78 bits per heavy atom. The Hall–Kier alpha value is -2.54. The van der Waals surface area contributed by atoms with Gasteiger partial charge in [0.2, 0.25) is 5.65 Å². The zero-order valence-electron chi connectivity index (χ0n) is 12.6. The topological polar surface area (TPSA) is 99.6 Å². The van der Waals surface area contributed by atoms with E-state index in [2.05, 4.69) is 30.7 Å². The summed E-state index contributed by atoms with van der Waals surface area (Å²) in [7, 11) is 0. The van der Waals surface area contributed by atoms with Gasteiger partial charge in [-0.05, 0) is 25.7 Å². The van der Waals surface area contributed by atoms with Crippen molar-refractivity contribution in [1.82, 2.24) is 25.4 Å². The summed E-state index contributed by atoms with van der Waals surface area (Å²) in [6.07, 6.45) is 3.30. The van der Waals surface area contributed by atoms with E-state index in [0.29, 0.717) is 22.8 Å². The summed E-state index contributed by atoms with van der Waals surface area (Å²) in [5.74, 6) is 1.33. The van der Waals surface area contributed by atoms with Crippen LogP contribution >= 0.6 is 0 Å². The van der Waals surface area contributed by atoms with Crippen LogP contribution in [0.3, 0.4) is 0 Å². The second-order valence-corrected chi connectivity index (χ2v) is 5.91. The van der Waals surface area contributed by atoms with Crippen molar-refractivity contribution in [3.8, 4) is 11.4 Å². The molecule has 0 spiro atoms. The second-order valence-electron chi connectivity index (χ2n) is 5.91. The van der Waals surface area contributed by atoms with Crippen LogP contribution in [0.25, 0.3) is 22.6 Å². The lowest BCUT2D eigenvalue weighted by molar-refractivity contribution is 0.126. The van der Waals surface area contributed by atoms with Crippen molar-refractivity contribution in [2.75, 3.05) is 5.32 Å². The molecule has 1 aliphatic carbocycles. The van der Waals surface area contributed by atoms with E-state index in [1.54, 1.807) is 0 Å². The smallest absolute Gasteiger partial charge is 0.207 e. The maximum atomic E-state index is 9.64. The molecule has 0 atom stereocenters. The lowest BCUT2D eigenvalue weighted by Gasteiger charge is -2.26. The molecule has 7 heteroatoms. The van der Waals surface area contributed by atoms with E-state index in [-0.39, 0.29) is 12.1 Å². The third-order valence-corrected chi connectivity index (χ3v) is 4.25. The maximum absolute atomic E-state index is 9.64. The zero-order valence-corrected chi connectivity index (χ0v) is 12.6. The third kappa shape index (κ3) is 2.87. The number of aliphatic hydroxyl groups excluding tert-OH is 1. The normalized spacial score (nSPS) is 21.4. The largest absolute Gasteiger partial charge is 0.393 e. The molecule has 2 heterocycles. The van der Waals surface area contributed by atoms with Gasteiger partial charge in [-0.15, -0.1) is 5.10 Å². The van der Waals surface area contributed by atoms with E-state index >= 15 is 0 Å². The van der Waals surface area contributed by atoms with E-state index in [1.165, 1.54) is 0 Å². The van der Waals surface area contributed by atoms with Crippen molar-refractivity contribution in [2.45, 2.75) is 37.8 Å². The highest BCUT2D eigenvalue weighted by molar-refractivity contribution is 5.84. The number of aliphatic hydroxyl groups is 1. The van der Waals surface area contributed by atoms with Gasteiger partial charge in [-0.25, -0.2) is 9.97 Å². The predicted molar refractivity (Wildman–Crippen MR) is 86.8 cm³/mol. The summed E-state index contributed by atoms with van der Waals surface area (Å²) in [4.78, 5) is 9.12. The van der Waals surface area contributed by atoms with Crippen molar-refractivity contribution < 1.29 is 5.11 Å². The Balaban J connectivity index is 1.69. The van der Waals surface area contributed by atoms with Gasteiger partial charge in [0.15, 0.2) is 17.2 Å². The first-order chi connectivity index (χ1) is 11.3. The highest BCUT2D eigenvalue weighted by atomic mass is 16.3. The Bertz CT molecular complexity index is 795. The van der Waals surface area contributed by atoms with Crippen LogP contribution in [0.2, 0.25) is 0 Å². The van der Waals surface area contributed by atoms with Gasteiger partial charge in [-0.2, -0.15) is 10.3 Å². The average molecular weight is 310 g/mol. The van der Waals surface area contributed by atoms with Crippen molar-refractivity contribution in [2.24, 2.45) is 0 Å². The number of hydrogen-bond donors (Lipinski definition) is 3. The van der Waals surface area contributed by atoms with E-state index < -0.39 is 0 Å². The fourth-order valence-electron chi connectivity index (χ4n) is 2.98. The molecule has 2 aromatic heterocycles. The minimum atomic E-state index is -0.176. The number of H-pyrrole nitrogens is 1. The minimum Gasteiger partial charge on any atom is -0.393 e. The molecule has 0 bridgehead atoms. The highest BCUT2D eigenvalue weighted by Gasteiger charge is 2.21. The molecule has 1 fully saturated rings. The van der Waals surface area contributed by atoms with Crippen LogP contribution in [-0.4, -0.2) is 42.6 Å². The Kier molecular flexibility index (Phi) is 3.63. The number of nitrogens with zero attached hydrogens (tertiary/aromatic N) is 4. The first kappa shape index (κ1) is 14.1. The van der Waals surface area contributed by atoms with Crippen molar-refractivity contribution in [3.63, 3.8) is 0 Å². The monoisotopic (exact) mass is 310 g/mol. The maximum Gasteiger partial charge on any atom is 0.207 e. The van der Waals surface area contributed by atoms with Gasteiger partial charge in [0, 0.05) is 11.6 Å². The molecule has 0 amide bonds. The number of nitrogens with one attached hydrogen (secondary N) is 2. The highest BCUT2D eigenvalue weighted by Crippen LogP contribution is 2.26. The quantitative estimate of drug-likeness (QED) is 0.685. The van der Waals surface area contributed by atoms with Crippen LogP contribution in [0.4, 0.5) is 5.82 Å². The lowest BCUT2D eigenvalue weighted by atomic mass is 9.93. The van der Waals surface area contributed by atoms with Crippen LogP contribution in [0.15, 0.2) is 30.3 Å². The third-order valence-electron chi connectivity index (χ3n) is 4.25. The first-order valence-electron chi connectivity index (χ1n) is 7.88. The van der Waals surface area contributed by atoms with Gasteiger partial charge < -0.3 is 10.4 Å². The van der Waals surface area contributed by atoms with E-state index in [0.717, 1.165) is 31.2 Å². The SMILES string of the molecule is OC1CCC(Nc2nc(-c3ccccc3)nc3n[nH]nc23)CC1.